The van der Waals surface area contributed by atoms with Crippen LogP contribution in [-0.2, 0) is 0 Å². The molecule has 1 aromatic heterocycles. The molecule has 1 aromatic carbocycles. The average Bonchev–Trinajstić information content (AvgIpc) is 2.53. The number of aromatic nitrogens is 2. The number of nitrogen functional groups attached to an aromatic ring is 1. The number of benzene rings is 1. The van der Waals surface area contributed by atoms with Gasteiger partial charge in [-0.1, -0.05) is 0 Å². The molecule has 5 heteroatoms. The highest BCUT2D eigenvalue weighted by Crippen LogP contribution is 2.30. The standard InChI is InChI=1S/C8H8FN3O/c1-13-8-5(10)2-4-3-11-12-7(4)6(8)9/h2-3H,10H2,1H3,(H,11,12). The molecular formula is C8H8FN3O. The van der Waals surface area contributed by atoms with Gasteiger partial charge in [0.2, 0.25) is 0 Å². The number of fused-ring (bicyclic) bond motifs is 1. The van der Waals surface area contributed by atoms with Crippen LogP contribution in [0, 0.1) is 5.82 Å². The van der Waals surface area contributed by atoms with Crippen molar-refractivity contribution in [2.75, 3.05) is 12.8 Å². The zero-order valence-corrected chi connectivity index (χ0v) is 6.97. The summed E-state index contributed by atoms with van der Waals surface area (Å²) in [7, 11) is 1.37. The Balaban J connectivity index is 2.85. The number of hydrogen-bond donors (Lipinski definition) is 2. The molecule has 0 aliphatic rings. The Hall–Kier alpha value is -1.78. The Bertz CT molecular complexity index is 452. The molecule has 0 bridgehead atoms. The fraction of sp³-hybridized carbons (Fsp3) is 0.125. The van der Waals surface area contributed by atoms with Crippen LogP contribution in [0.1, 0.15) is 0 Å². The molecule has 4 nitrogen and oxygen atoms in total. The number of aromatic amines is 1. The number of nitrogens with zero attached hydrogens (tertiary/aromatic N) is 1. The lowest BCUT2D eigenvalue weighted by Crippen LogP contribution is -1.96. The van der Waals surface area contributed by atoms with E-state index in [4.69, 9.17) is 10.5 Å². The van der Waals surface area contributed by atoms with E-state index in [1.165, 1.54) is 13.3 Å². The predicted octanol–water partition coefficient (Wildman–Crippen LogP) is 1.29. The van der Waals surface area contributed by atoms with Crippen molar-refractivity contribution in [2.45, 2.75) is 0 Å². The quantitative estimate of drug-likeness (QED) is 0.651. The van der Waals surface area contributed by atoms with Gasteiger partial charge < -0.3 is 10.5 Å². The van der Waals surface area contributed by atoms with E-state index in [0.717, 1.165) is 0 Å². The number of halogens is 1. The maximum Gasteiger partial charge on any atom is 0.192 e. The molecule has 68 valence electrons. The minimum absolute atomic E-state index is 0.0525. The largest absolute Gasteiger partial charge is 0.492 e. The van der Waals surface area contributed by atoms with Crippen LogP contribution in [0.15, 0.2) is 12.3 Å². The molecule has 0 radical (unpaired) electrons. The van der Waals surface area contributed by atoms with Gasteiger partial charge in [-0.25, -0.2) is 4.39 Å². The molecule has 0 aliphatic heterocycles. The van der Waals surface area contributed by atoms with Gasteiger partial charge in [-0.05, 0) is 6.07 Å². The van der Waals surface area contributed by atoms with E-state index in [1.54, 1.807) is 6.07 Å². The summed E-state index contributed by atoms with van der Waals surface area (Å²) < 4.78 is 18.3. The number of methoxy groups -OCH3 is 1. The predicted molar refractivity (Wildman–Crippen MR) is 47.0 cm³/mol. The summed E-state index contributed by atoms with van der Waals surface area (Å²) in [6.07, 6.45) is 1.51. The first-order valence-corrected chi connectivity index (χ1v) is 3.69. The summed E-state index contributed by atoms with van der Waals surface area (Å²) in [6.45, 7) is 0. The van der Waals surface area contributed by atoms with Crippen LogP contribution < -0.4 is 10.5 Å². The van der Waals surface area contributed by atoms with Crippen LogP contribution in [0.4, 0.5) is 10.1 Å². The van der Waals surface area contributed by atoms with Crippen LogP contribution in [0.2, 0.25) is 0 Å². The monoisotopic (exact) mass is 181 g/mol. The summed E-state index contributed by atoms with van der Waals surface area (Å²) in [5.74, 6) is -0.452. The third-order valence-corrected chi connectivity index (χ3v) is 1.86. The lowest BCUT2D eigenvalue weighted by Gasteiger charge is -2.05. The van der Waals surface area contributed by atoms with Gasteiger partial charge in [0.25, 0.3) is 0 Å². The van der Waals surface area contributed by atoms with Gasteiger partial charge in [0.15, 0.2) is 11.6 Å². The van der Waals surface area contributed by atoms with Crippen LogP contribution in [0.3, 0.4) is 0 Å². The third kappa shape index (κ3) is 1.00. The van der Waals surface area contributed by atoms with E-state index < -0.39 is 5.82 Å². The fourth-order valence-electron chi connectivity index (χ4n) is 1.26. The van der Waals surface area contributed by atoms with Crippen LogP contribution >= 0.6 is 0 Å². The lowest BCUT2D eigenvalue weighted by molar-refractivity contribution is 0.391. The average molecular weight is 181 g/mol. The van der Waals surface area contributed by atoms with Crippen molar-refractivity contribution in [2.24, 2.45) is 0 Å². The van der Waals surface area contributed by atoms with E-state index in [-0.39, 0.29) is 11.4 Å². The van der Waals surface area contributed by atoms with Gasteiger partial charge in [0, 0.05) is 5.39 Å². The van der Waals surface area contributed by atoms with Crippen LogP contribution in [0.5, 0.6) is 5.75 Å². The molecular weight excluding hydrogens is 173 g/mol. The van der Waals surface area contributed by atoms with E-state index in [9.17, 15) is 4.39 Å². The summed E-state index contributed by atoms with van der Waals surface area (Å²) in [5.41, 5.74) is 6.13. The molecule has 0 spiro atoms. The molecule has 0 amide bonds. The summed E-state index contributed by atoms with van der Waals surface area (Å²) >= 11 is 0. The van der Waals surface area contributed by atoms with Crippen molar-refractivity contribution in [3.8, 4) is 5.75 Å². The number of ether oxygens (including phenoxy) is 1. The van der Waals surface area contributed by atoms with E-state index >= 15 is 0 Å². The van der Waals surface area contributed by atoms with Gasteiger partial charge in [-0.2, -0.15) is 5.10 Å². The zero-order valence-electron chi connectivity index (χ0n) is 6.97. The topological polar surface area (TPSA) is 63.9 Å². The minimum atomic E-state index is -0.505. The molecule has 3 N–H and O–H groups in total. The molecule has 0 fully saturated rings. The molecule has 0 aliphatic carbocycles. The second kappa shape index (κ2) is 2.62. The highest BCUT2D eigenvalue weighted by Gasteiger charge is 2.12. The number of rotatable bonds is 1. The zero-order chi connectivity index (χ0) is 9.42. The summed E-state index contributed by atoms with van der Waals surface area (Å²) in [5, 5.41) is 6.87. The number of hydrogen-bond acceptors (Lipinski definition) is 3. The molecule has 0 atom stereocenters. The normalized spacial score (nSPS) is 10.6. The minimum Gasteiger partial charge on any atom is -0.492 e. The molecule has 13 heavy (non-hydrogen) atoms. The second-order valence-electron chi connectivity index (χ2n) is 2.65. The number of nitrogens with one attached hydrogen (secondary N) is 1. The molecule has 2 aromatic rings. The highest BCUT2D eigenvalue weighted by molar-refractivity contribution is 5.85. The first-order valence-electron chi connectivity index (χ1n) is 3.69. The van der Waals surface area contributed by atoms with Crippen LogP contribution in [-0.4, -0.2) is 17.3 Å². The Morgan fingerprint density at radius 2 is 2.38 bits per heavy atom. The maximum atomic E-state index is 13.5. The van der Waals surface area contributed by atoms with Gasteiger partial charge in [0.1, 0.15) is 5.52 Å². The Morgan fingerprint density at radius 1 is 1.62 bits per heavy atom. The molecule has 0 saturated heterocycles. The van der Waals surface area contributed by atoms with Gasteiger partial charge >= 0.3 is 0 Å². The van der Waals surface area contributed by atoms with Crippen LogP contribution in [0.25, 0.3) is 10.9 Å². The Kier molecular flexibility index (Phi) is 1.58. The van der Waals surface area contributed by atoms with Crippen molar-refractivity contribution in [3.05, 3.63) is 18.1 Å². The second-order valence-corrected chi connectivity index (χ2v) is 2.65. The SMILES string of the molecule is COc1c(N)cc2cn[nH]c2c1F. The van der Waals surface area contributed by atoms with Crippen molar-refractivity contribution in [1.29, 1.82) is 0 Å². The number of H-pyrrole nitrogens is 1. The molecule has 0 unspecified atom stereocenters. The van der Waals surface area contributed by atoms with Crippen molar-refractivity contribution < 1.29 is 9.13 Å². The number of anilines is 1. The van der Waals surface area contributed by atoms with Gasteiger partial charge in [-0.3, -0.25) is 5.10 Å². The molecule has 1 heterocycles. The van der Waals surface area contributed by atoms with Crippen molar-refractivity contribution in [1.82, 2.24) is 10.2 Å². The highest BCUT2D eigenvalue weighted by atomic mass is 19.1. The lowest BCUT2D eigenvalue weighted by atomic mass is 10.2. The molecule has 0 saturated carbocycles. The Morgan fingerprint density at radius 3 is 3.08 bits per heavy atom. The van der Waals surface area contributed by atoms with E-state index in [1.807, 2.05) is 0 Å². The van der Waals surface area contributed by atoms with Gasteiger partial charge in [0.05, 0.1) is 19.0 Å². The van der Waals surface area contributed by atoms with Crippen molar-refractivity contribution >= 4 is 16.6 Å². The van der Waals surface area contributed by atoms with Gasteiger partial charge in [-0.15, -0.1) is 0 Å². The first-order chi connectivity index (χ1) is 6.24. The summed E-state index contributed by atoms with van der Waals surface area (Å²) in [6, 6.07) is 1.61. The fourth-order valence-corrected chi connectivity index (χ4v) is 1.26. The number of nitrogens with two attached hydrogens (primary N) is 1. The van der Waals surface area contributed by atoms with E-state index in [2.05, 4.69) is 10.2 Å². The van der Waals surface area contributed by atoms with E-state index in [0.29, 0.717) is 10.9 Å². The first kappa shape index (κ1) is 7.85. The summed E-state index contributed by atoms with van der Waals surface area (Å²) in [4.78, 5) is 0. The third-order valence-electron chi connectivity index (χ3n) is 1.86. The maximum absolute atomic E-state index is 13.5. The molecule has 2 rings (SSSR count). The smallest absolute Gasteiger partial charge is 0.192 e. The van der Waals surface area contributed by atoms with Crippen molar-refractivity contribution in [3.63, 3.8) is 0 Å². The Labute approximate surface area is 73.5 Å².